The number of nitrogens with one attached hydrogen (secondary N) is 1. The predicted molar refractivity (Wildman–Crippen MR) is 73.4 cm³/mol. The normalized spacial score (nSPS) is 26.6. The Kier molecular flexibility index (Phi) is 2.98. The van der Waals surface area contributed by atoms with E-state index in [2.05, 4.69) is 15.3 Å². The Labute approximate surface area is 124 Å². The van der Waals surface area contributed by atoms with Crippen LogP contribution in [0.25, 0.3) is 0 Å². The van der Waals surface area contributed by atoms with Gasteiger partial charge in [0.15, 0.2) is 5.71 Å². The second-order valence-corrected chi connectivity index (χ2v) is 5.17. The third-order valence-corrected chi connectivity index (χ3v) is 3.86. The van der Waals surface area contributed by atoms with Crippen LogP contribution in [0.3, 0.4) is 0 Å². The highest BCUT2D eigenvalue weighted by Gasteiger charge is 2.63. The average Bonchev–Trinajstić information content (AvgIpc) is 2.95. The molecule has 8 heteroatoms. The lowest BCUT2D eigenvalue weighted by atomic mass is 9.86. The molecular formula is C14H12FN3O4. The number of anilines is 1. The topological polar surface area (TPSA) is 88.1 Å². The summed E-state index contributed by atoms with van der Waals surface area (Å²) in [6, 6.07) is 5.43. The minimum absolute atomic E-state index is 0.154. The van der Waals surface area contributed by atoms with Crippen molar-refractivity contribution < 1.29 is 23.5 Å². The van der Waals surface area contributed by atoms with Gasteiger partial charge in [0, 0.05) is 0 Å². The van der Waals surface area contributed by atoms with Gasteiger partial charge in [0.25, 0.3) is 5.91 Å². The summed E-state index contributed by atoms with van der Waals surface area (Å²) in [5.74, 6) is -4.05. The Morgan fingerprint density at radius 1 is 1.41 bits per heavy atom. The van der Waals surface area contributed by atoms with Gasteiger partial charge in [-0.15, -0.1) is 0 Å². The molecule has 2 aliphatic rings. The zero-order valence-electron chi connectivity index (χ0n) is 11.8. The number of imide groups is 1. The summed E-state index contributed by atoms with van der Waals surface area (Å²) in [6.45, 7) is 1.44. The molecule has 2 heterocycles. The van der Waals surface area contributed by atoms with Crippen LogP contribution in [0.5, 0.6) is 0 Å². The van der Waals surface area contributed by atoms with E-state index in [1.807, 2.05) is 0 Å². The summed E-state index contributed by atoms with van der Waals surface area (Å²) in [6.07, 6.45) is 0. The number of hydrogen-bond donors (Lipinski definition) is 1. The Hall–Kier alpha value is -2.77. The number of rotatable bonds is 2. The van der Waals surface area contributed by atoms with Crippen LogP contribution in [0.4, 0.5) is 10.1 Å². The maximum Gasteiger partial charge on any atom is 0.355 e. The fraction of sp³-hybridized carbons (Fsp3) is 0.286. The van der Waals surface area contributed by atoms with E-state index in [1.54, 1.807) is 0 Å². The van der Waals surface area contributed by atoms with Crippen LogP contribution in [0.15, 0.2) is 29.4 Å². The monoisotopic (exact) mass is 305 g/mol. The molecule has 0 saturated carbocycles. The first-order chi connectivity index (χ1) is 10.4. The number of ether oxygens (including phenoxy) is 1. The number of hydrogen-bond acceptors (Lipinski definition) is 6. The lowest BCUT2D eigenvalue weighted by Crippen LogP contribution is -2.48. The van der Waals surface area contributed by atoms with Gasteiger partial charge in [-0.25, -0.2) is 14.1 Å². The van der Waals surface area contributed by atoms with E-state index in [1.165, 1.54) is 25.1 Å². The van der Waals surface area contributed by atoms with Gasteiger partial charge in [-0.05, 0) is 19.1 Å². The molecule has 0 spiro atoms. The van der Waals surface area contributed by atoms with Crippen molar-refractivity contribution in [1.82, 2.24) is 5.43 Å². The maximum atomic E-state index is 13.9. The molecule has 2 atom stereocenters. The summed E-state index contributed by atoms with van der Waals surface area (Å²) in [7, 11) is 1.15. The van der Waals surface area contributed by atoms with Crippen molar-refractivity contribution >= 4 is 29.2 Å². The highest BCUT2D eigenvalue weighted by molar-refractivity contribution is 6.47. The van der Waals surface area contributed by atoms with E-state index >= 15 is 0 Å². The molecule has 1 fully saturated rings. The zero-order valence-corrected chi connectivity index (χ0v) is 11.8. The van der Waals surface area contributed by atoms with E-state index in [-0.39, 0.29) is 11.4 Å². The molecule has 0 radical (unpaired) electrons. The van der Waals surface area contributed by atoms with E-state index in [4.69, 9.17) is 0 Å². The quantitative estimate of drug-likeness (QED) is 0.623. The largest absolute Gasteiger partial charge is 0.464 e. The van der Waals surface area contributed by atoms with Gasteiger partial charge in [-0.3, -0.25) is 15.0 Å². The molecule has 7 nitrogen and oxygen atoms in total. The Balaban J connectivity index is 2.07. The van der Waals surface area contributed by atoms with Gasteiger partial charge < -0.3 is 4.74 Å². The van der Waals surface area contributed by atoms with Crippen molar-refractivity contribution in [1.29, 1.82) is 0 Å². The highest BCUT2D eigenvalue weighted by atomic mass is 19.1. The van der Waals surface area contributed by atoms with Crippen molar-refractivity contribution in [3.05, 3.63) is 30.1 Å². The fourth-order valence-electron chi connectivity index (χ4n) is 2.70. The Morgan fingerprint density at radius 2 is 2.09 bits per heavy atom. The van der Waals surface area contributed by atoms with Crippen molar-refractivity contribution in [3.63, 3.8) is 0 Å². The Bertz CT molecular complexity index is 733. The zero-order chi connectivity index (χ0) is 16.1. The van der Waals surface area contributed by atoms with E-state index in [9.17, 15) is 18.8 Å². The number of halogens is 1. The number of amides is 2. The van der Waals surface area contributed by atoms with Crippen LogP contribution < -0.4 is 10.3 Å². The number of methoxy groups -OCH3 is 1. The van der Waals surface area contributed by atoms with Gasteiger partial charge >= 0.3 is 5.97 Å². The van der Waals surface area contributed by atoms with Crippen molar-refractivity contribution in [2.75, 3.05) is 12.0 Å². The first-order valence-electron chi connectivity index (χ1n) is 6.48. The number of benzene rings is 1. The summed E-state index contributed by atoms with van der Waals surface area (Å²) in [4.78, 5) is 37.6. The van der Waals surface area contributed by atoms with Crippen LogP contribution >= 0.6 is 0 Å². The molecular weight excluding hydrogens is 293 g/mol. The average molecular weight is 305 g/mol. The first-order valence-corrected chi connectivity index (χ1v) is 6.48. The molecule has 0 aliphatic carbocycles. The molecule has 2 amide bonds. The SMILES string of the molecule is COC(=O)C1=NNC2(C)C(=O)N(c3ccccc3F)C(=O)C12. The minimum Gasteiger partial charge on any atom is -0.464 e. The standard InChI is InChI=1S/C14H12FN3O4/c1-14-9(10(16-17-14)12(20)22-2)11(19)18(13(14)21)8-6-4-3-5-7(8)15/h3-6,9,17H,1-2H3. The molecule has 114 valence electrons. The number of nitrogens with zero attached hydrogens (tertiary/aromatic N) is 2. The van der Waals surface area contributed by atoms with E-state index in [0.29, 0.717) is 0 Å². The van der Waals surface area contributed by atoms with Crippen LogP contribution in [-0.2, 0) is 19.1 Å². The van der Waals surface area contributed by atoms with Crippen LogP contribution in [-0.4, -0.2) is 36.1 Å². The molecule has 1 N–H and O–H groups in total. The molecule has 0 bridgehead atoms. The van der Waals surface area contributed by atoms with E-state index in [0.717, 1.165) is 18.1 Å². The second-order valence-electron chi connectivity index (χ2n) is 5.17. The number of para-hydroxylation sites is 1. The molecule has 0 aromatic heterocycles. The van der Waals surface area contributed by atoms with Crippen LogP contribution in [0.2, 0.25) is 0 Å². The minimum atomic E-state index is -1.43. The third-order valence-electron chi connectivity index (χ3n) is 3.86. The van der Waals surface area contributed by atoms with Crippen molar-refractivity contribution in [3.8, 4) is 0 Å². The lowest BCUT2D eigenvalue weighted by Gasteiger charge is -2.20. The van der Waals surface area contributed by atoms with Crippen molar-refractivity contribution in [2.45, 2.75) is 12.5 Å². The summed E-state index contributed by atoms with van der Waals surface area (Å²) in [5, 5.41) is 3.74. The van der Waals surface area contributed by atoms with Crippen LogP contribution in [0, 0.1) is 11.7 Å². The predicted octanol–water partition coefficient (Wildman–Crippen LogP) is 0.206. The number of esters is 1. The molecule has 22 heavy (non-hydrogen) atoms. The molecule has 1 aromatic rings. The van der Waals surface area contributed by atoms with Gasteiger partial charge in [0.2, 0.25) is 5.91 Å². The maximum absolute atomic E-state index is 13.9. The summed E-state index contributed by atoms with van der Waals surface area (Å²) in [5.41, 5.74) is 0.739. The molecule has 1 saturated heterocycles. The molecule has 3 rings (SSSR count). The highest BCUT2D eigenvalue weighted by Crippen LogP contribution is 2.38. The lowest BCUT2D eigenvalue weighted by molar-refractivity contribution is -0.133. The number of hydrazone groups is 1. The van der Waals surface area contributed by atoms with E-state index < -0.39 is 35.1 Å². The van der Waals surface area contributed by atoms with Gasteiger partial charge in [-0.2, -0.15) is 5.10 Å². The third kappa shape index (κ3) is 1.66. The van der Waals surface area contributed by atoms with Gasteiger partial charge in [-0.1, -0.05) is 12.1 Å². The molecule has 1 aromatic carbocycles. The smallest absolute Gasteiger partial charge is 0.355 e. The number of fused-ring (bicyclic) bond motifs is 1. The molecule has 2 unspecified atom stereocenters. The summed E-state index contributed by atoms with van der Waals surface area (Å²) < 4.78 is 18.5. The Morgan fingerprint density at radius 3 is 2.73 bits per heavy atom. The first kappa shape index (κ1) is 14.2. The van der Waals surface area contributed by atoms with Gasteiger partial charge in [0.05, 0.1) is 12.8 Å². The number of carbonyl (C=O) groups is 3. The van der Waals surface area contributed by atoms with Gasteiger partial charge in [0.1, 0.15) is 17.3 Å². The fourth-order valence-corrected chi connectivity index (χ4v) is 2.70. The summed E-state index contributed by atoms with van der Waals surface area (Å²) >= 11 is 0. The van der Waals surface area contributed by atoms with Crippen LogP contribution in [0.1, 0.15) is 6.92 Å². The second kappa shape index (κ2) is 4.62. The molecule has 2 aliphatic heterocycles. The number of carbonyl (C=O) groups excluding carboxylic acids is 3. The van der Waals surface area contributed by atoms with Crippen molar-refractivity contribution in [2.24, 2.45) is 11.0 Å².